The number of rotatable bonds is 5. The molecule has 108 valence electrons. The van der Waals surface area contributed by atoms with Crippen molar-refractivity contribution in [3.8, 4) is 5.75 Å². The van der Waals surface area contributed by atoms with Crippen molar-refractivity contribution in [1.82, 2.24) is 10.2 Å². The zero-order valence-corrected chi connectivity index (χ0v) is 11.5. The van der Waals surface area contributed by atoms with Crippen LogP contribution in [-0.2, 0) is 11.3 Å². The van der Waals surface area contributed by atoms with Gasteiger partial charge in [0.15, 0.2) is 0 Å². The molecular weight excluding hydrogens is 263 g/mol. The smallest absolute Gasteiger partial charge is 0.325 e. The summed E-state index contributed by atoms with van der Waals surface area (Å²) in [7, 11) is 1.46. The van der Waals surface area contributed by atoms with Crippen LogP contribution in [-0.4, -0.2) is 30.0 Å². The van der Waals surface area contributed by atoms with Crippen LogP contribution in [0.1, 0.15) is 25.3 Å². The summed E-state index contributed by atoms with van der Waals surface area (Å²) >= 11 is 0. The van der Waals surface area contributed by atoms with E-state index >= 15 is 0 Å². The molecule has 0 spiro atoms. The molecule has 0 bridgehead atoms. The molecule has 1 heterocycles. The lowest BCUT2D eigenvalue weighted by atomic mass is 10.1. The molecule has 1 unspecified atom stereocenters. The van der Waals surface area contributed by atoms with E-state index in [1.165, 1.54) is 25.3 Å². The van der Waals surface area contributed by atoms with Crippen molar-refractivity contribution in [3.63, 3.8) is 0 Å². The third-order valence-corrected chi connectivity index (χ3v) is 3.26. The van der Waals surface area contributed by atoms with Gasteiger partial charge in [-0.05, 0) is 24.6 Å². The monoisotopic (exact) mass is 280 g/mol. The van der Waals surface area contributed by atoms with Gasteiger partial charge in [-0.2, -0.15) is 0 Å². The number of halogens is 1. The highest BCUT2D eigenvalue weighted by Gasteiger charge is 2.37. The number of hydrogen-bond donors (Lipinski definition) is 1. The molecule has 0 radical (unpaired) electrons. The van der Waals surface area contributed by atoms with E-state index in [1.807, 2.05) is 6.92 Å². The van der Waals surface area contributed by atoms with Crippen molar-refractivity contribution in [2.45, 2.75) is 32.4 Å². The lowest BCUT2D eigenvalue weighted by Gasteiger charge is -2.15. The van der Waals surface area contributed by atoms with Crippen LogP contribution in [0.15, 0.2) is 18.2 Å². The molecule has 0 aliphatic carbocycles. The minimum absolute atomic E-state index is 0.00577. The second-order valence-electron chi connectivity index (χ2n) is 4.67. The van der Waals surface area contributed by atoms with Crippen LogP contribution in [0.4, 0.5) is 9.18 Å². The van der Waals surface area contributed by atoms with Crippen molar-refractivity contribution in [3.05, 3.63) is 29.6 Å². The van der Waals surface area contributed by atoms with E-state index in [1.54, 1.807) is 0 Å². The number of nitrogens with zero attached hydrogens (tertiary/aromatic N) is 1. The number of urea groups is 1. The average Bonchev–Trinajstić information content (AvgIpc) is 2.67. The van der Waals surface area contributed by atoms with Crippen molar-refractivity contribution in [1.29, 1.82) is 0 Å². The summed E-state index contributed by atoms with van der Waals surface area (Å²) in [6, 6.07) is 3.10. The van der Waals surface area contributed by atoms with Crippen LogP contribution >= 0.6 is 0 Å². The van der Waals surface area contributed by atoms with Gasteiger partial charge < -0.3 is 10.1 Å². The summed E-state index contributed by atoms with van der Waals surface area (Å²) in [4.78, 5) is 25.0. The Bertz CT molecular complexity index is 533. The van der Waals surface area contributed by atoms with Crippen LogP contribution in [0, 0.1) is 5.82 Å². The number of ether oxygens (including phenoxy) is 1. The molecule has 1 aromatic rings. The maximum Gasteiger partial charge on any atom is 0.325 e. The molecule has 3 amide bonds. The Hall–Kier alpha value is -2.11. The lowest BCUT2D eigenvalue weighted by molar-refractivity contribution is -0.128. The third-order valence-electron chi connectivity index (χ3n) is 3.26. The second-order valence-corrected chi connectivity index (χ2v) is 4.67. The van der Waals surface area contributed by atoms with E-state index in [0.717, 1.165) is 11.3 Å². The number of hydrogen-bond acceptors (Lipinski definition) is 3. The molecule has 1 saturated heterocycles. The fourth-order valence-electron chi connectivity index (χ4n) is 2.25. The first-order chi connectivity index (χ1) is 9.56. The Morgan fingerprint density at radius 3 is 2.80 bits per heavy atom. The molecule has 1 aromatic carbocycles. The fraction of sp³-hybridized carbons (Fsp3) is 0.429. The maximum absolute atomic E-state index is 13.3. The zero-order chi connectivity index (χ0) is 14.7. The maximum atomic E-state index is 13.3. The van der Waals surface area contributed by atoms with E-state index in [-0.39, 0.29) is 12.5 Å². The summed E-state index contributed by atoms with van der Waals surface area (Å²) in [5.41, 5.74) is 0.466. The number of imide groups is 1. The predicted octanol–water partition coefficient (Wildman–Crippen LogP) is 2.05. The topological polar surface area (TPSA) is 58.6 Å². The highest BCUT2D eigenvalue weighted by Crippen LogP contribution is 2.23. The highest BCUT2D eigenvalue weighted by molar-refractivity contribution is 6.04. The molecule has 0 aromatic heterocycles. The van der Waals surface area contributed by atoms with E-state index in [4.69, 9.17) is 4.74 Å². The summed E-state index contributed by atoms with van der Waals surface area (Å²) in [6.07, 6.45) is 1.40. The Labute approximate surface area is 116 Å². The molecule has 1 atom stereocenters. The van der Waals surface area contributed by atoms with Crippen LogP contribution in [0.25, 0.3) is 0 Å². The van der Waals surface area contributed by atoms with Gasteiger partial charge >= 0.3 is 6.03 Å². The predicted molar refractivity (Wildman–Crippen MR) is 70.7 cm³/mol. The van der Waals surface area contributed by atoms with E-state index < -0.39 is 17.9 Å². The number of amides is 3. The number of carbonyl (C=O) groups is 2. The van der Waals surface area contributed by atoms with Crippen molar-refractivity contribution >= 4 is 11.9 Å². The second kappa shape index (κ2) is 5.90. The Kier molecular flexibility index (Phi) is 4.22. The summed E-state index contributed by atoms with van der Waals surface area (Å²) in [5, 5.41) is 2.63. The molecular formula is C14H17FN2O3. The van der Waals surface area contributed by atoms with Gasteiger partial charge in [-0.25, -0.2) is 9.18 Å². The van der Waals surface area contributed by atoms with Crippen molar-refractivity contribution in [2.75, 3.05) is 7.11 Å². The number of benzene rings is 1. The van der Waals surface area contributed by atoms with Gasteiger partial charge in [-0.15, -0.1) is 0 Å². The van der Waals surface area contributed by atoms with Crippen LogP contribution in [0.5, 0.6) is 5.75 Å². The van der Waals surface area contributed by atoms with Gasteiger partial charge in [0.1, 0.15) is 17.6 Å². The lowest BCUT2D eigenvalue weighted by Crippen LogP contribution is -2.31. The van der Waals surface area contributed by atoms with Gasteiger partial charge in [0.05, 0.1) is 13.7 Å². The molecule has 1 aliphatic heterocycles. The first kappa shape index (κ1) is 14.3. The Morgan fingerprint density at radius 2 is 2.15 bits per heavy atom. The van der Waals surface area contributed by atoms with Crippen LogP contribution in [0.2, 0.25) is 0 Å². The molecule has 6 heteroatoms. The van der Waals surface area contributed by atoms with E-state index in [0.29, 0.717) is 17.7 Å². The average molecular weight is 280 g/mol. The van der Waals surface area contributed by atoms with Gasteiger partial charge in [-0.3, -0.25) is 9.69 Å². The van der Waals surface area contributed by atoms with Crippen molar-refractivity contribution in [2.24, 2.45) is 0 Å². The van der Waals surface area contributed by atoms with E-state index in [2.05, 4.69) is 5.32 Å². The molecule has 1 N–H and O–H groups in total. The summed E-state index contributed by atoms with van der Waals surface area (Å²) in [6.45, 7) is 1.95. The molecule has 1 aliphatic rings. The quantitative estimate of drug-likeness (QED) is 0.840. The number of nitrogens with one attached hydrogen (secondary N) is 1. The SMILES string of the molecule is CCCC1NC(=O)N(Cc2cc(F)ccc2OC)C1=O. The third kappa shape index (κ3) is 2.74. The van der Waals surface area contributed by atoms with Gasteiger partial charge in [0.2, 0.25) is 0 Å². The van der Waals surface area contributed by atoms with Crippen molar-refractivity contribution < 1.29 is 18.7 Å². The Balaban J connectivity index is 2.19. The minimum Gasteiger partial charge on any atom is -0.496 e. The van der Waals surface area contributed by atoms with Gasteiger partial charge in [-0.1, -0.05) is 13.3 Å². The summed E-state index contributed by atoms with van der Waals surface area (Å²) < 4.78 is 18.4. The standard InChI is InChI=1S/C14H17FN2O3/c1-3-4-11-13(18)17(14(19)16-11)8-9-7-10(15)5-6-12(9)20-2/h5-7,11H,3-4,8H2,1-2H3,(H,16,19). The molecule has 0 saturated carbocycles. The Morgan fingerprint density at radius 1 is 1.40 bits per heavy atom. The number of carbonyl (C=O) groups excluding carboxylic acids is 2. The fourth-order valence-corrected chi connectivity index (χ4v) is 2.25. The molecule has 2 rings (SSSR count). The first-order valence-electron chi connectivity index (χ1n) is 6.51. The molecule has 20 heavy (non-hydrogen) atoms. The first-order valence-corrected chi connectivity index (χ1v) is 6.51. The number of methoxy groups -OCH3 is 1. The van der Waals surface area contributed by atoms with Gasteiger partial charge in [0, 0.05) is 5.56 Å². The summed E-state index contributed by atoms with van der Waals surface area (Å²) in [5.74, 6) is -0.257. The minimum atomic E-state index is -0.480. The molecule has 5 nitrogen and oxygen atoms in total. The van der Waals surface area contributed by atoms with Crippen LogP contribution < -0.4 is 10.1 Å². The molecule has 1 fully saturated rings. The van der Waals surface area contributed by atoms with Gasteiger partial charge in [0.25, 0.3) is 5.91 Å². The highest BCUT2D eigenvalue weighted by atomic mass is 19.1. The normalized spacial score (nSPS) is 18.4. The zero-order valence-electron chi connectivity index (χ0n) is 11.5. The largest absolute Gasteiger partial charge is 0.496 e. The van der Waals surface area contributed by atoms with E-state index in [9.17, 15) is 14.0 Å². The van der Waals surface area contributed by atoms with Crippen LogP contribution in [0.3, 0.4) is 0 Å².